The summed E-state index contributed by atoms with van der Waals surface area (Å²) in [5.41, 5.74) is -2.69. The summed E-state index contributed by atoms with van der Waals surface area (Å²) >= 11 is 3.36. The minimum absolute atomic E-state index is 0.175. The highest BCUT2D eigenvalue weighted by molar-refractivity contribution is 9.10. The summed E-state index contributed by atoms with van der Waals surface area (Å²) in [4.78, 5) is 39.9. The number of esters is 1. The standard InChI is InChI=1S/C24H23BrF3NO7/c1-23(22(32)33)11-15(21(31)36-4)18(13-9-16(25)19(35-3)17(10-13)34-2)29(23)20(30)12-5-7-14(8-6-12)24(26,27)28/h5-10,15,18H,11H2,1-4H3,(H,32,33). The van der Waals surface area contributed by atoms with E-state index >= 15 is 0 Å². The van der Waals surface area contributed by atoms with Crippen LogP contribution in [0.15, 0.2) is 40.9 Å². The molecule has 0 aromatic heterocycles. The Morgan fingerprint density at radius 1 is 1.08 bits per heavy atom. The zero-order chi connectivity index (χ0) is 27.0. The lowest BCUT2D eigenvalue weighted by Crippen LogP contribution is -2.51. The summed E-state index contributed by atoms with van der Waals surface area (Å²) in [5.74, 6) is -3.53. The molecule has 8 nitrogen and oxygen atoms in total. The first-order valence-electron chi connectivity index (χ1n) is 10.5. The molecular formula is C24H23BrF3NO7. The van der Waals surface area contributed by atoms with E-state index in [4.69, 9.17) is 14.2 Å². The molecule has 1 amide bonds. The van der Waals surface area contributed by atoms with E-state index in [1.165, 1.54) is 27.2 Å². The van der Waals surface area contributed by atoms with Crippen LogP contribution in [0.3, 0.4) is 0 Å². The normalized spacial score (nSPS) is 21.7. The van der Waals surface area contributed by atoms with Gasteiger partial charge in [0, 0.05) is 5.56 Å². The molecule has 1 aliphatic rings. The van der Waals surface area contributed by atoms with Gasteiger partial charge in [0.1, 0.15) is 5.54 Å². The summed E-state index contributed by atoms with van der Waals surface area (Å²) in [6.45, 7) is 1.28. The summed E-state index contributed by atoms with van der Waals surface area (Å²) in [6, 6.07) is 5.33. The molecule has 36 heavy (non-hydrogen) atoms. The Kier molecular flexibility index (Phi) is 7.58. The maximum absolute atomic E-state index is 13.7. The van der Waals surface area contributed by atoms with Gasteiger partial charge in [-0.05, 0) is 71.2 Å². The van der Waals surface area contributed by atoms with Gasteiger partial charge in [-0.25, -0.2) is 4.79 Å². The number of hydrogen-bond acceptors (Lipinski definition) is 6. The number of carbonyl (C=O) groups is 3. The maximum atomic E-state index is 13.7. The van der Waals surface area contributed by atoms with Crippen LogP contribution in [0.2, 0.25) is 0 Å². The molecule has 1 N–H and O–H groups in total. The lowest BCUT2D eigenvalue weighted by Gasteiger charge is -2.36. The highest BCUT2D eigenvalue weighted by atomic mass is 79.9. The summed E-state index contributed by atoms with van der Waals surface area (Å²) < 4.78 is 55.1. The maximum Gasteiger partial charge on any atom is 0.416 e. The van der Waals surface area contributed by atoms with Crippen molar-refractivity contribution in [2.24, 2.45) is 5.92 Å². The van der Waals surface area contributed by atoms with Crippen LogP contribution in [0, 0.1) is 5.92 Å². The van der Waals surface area contributed by atoms with Crippen molar-refractivity contribution in [3.8, 4) is 11.5 Å². The van der Waals surface area contributed by atoms with E-state index in [2.05, 4.69) is 15.9 Å². The second kappa shape index (κ2) is 10.00. The van der Waals surface area contributed by atoms with Gasteiger partial charge in [0.2, 0.25) is 0 Å². The van der Waals surface area contributed by atoms with Crippen molar-refractivity contribution >= 4 is 33.8 Å². The smallest absolute Gasteiger partial charge is 0.416 e. The van der Waals surface area contributed by atoms with Crippen LogP contribution in [0.1, 0.15) is 40.9 Å². The number of benzene rings is 2. The third kappa shape index (κ3) is 4.73. The van der Waals surface area contributed by atoms with Gasteiger partial charge in [0.05, 0.1) is 43.3 Å². The molecule has 1 saturated heterocycles. The SMILES string of the molecule is COC(=O)C1CC(C)(C(=O)O)N(C(=O)c2ccc(C(F)(F)F)cc2)C1c1cc(Br)c(OC)c(OC)c1. The zero-order valence-corrected chi connectivity index (χ0v) is 21.3. The molecule has 0 aliphatic carbocycles. The largest absolute Gasteiger partial charge is 0.493 e. The molecule has 2 aromatic rings. The Bertz CT molecular complexity index is 1190. The number of carboxylic acid groups (broad SMARTS) is 1. The Labute approximate surface area is 213 Å². The van der Waals surface area contributed by atoms with Gasteiger partial charge < -0.3 is 24.2 Å². The molecule has 194 valence electrons. The predicted molar refractivity (Wildman–Crippen MR) is 124 cm³/mol. The van der Waals surface area contributed by atoms with E-state index in [9.17, 15) is 32.7 Å². The van der Waals surface area contributed by atoms with Crippen LogP contribution < -0.4 is 9.47 Å². The second-order valence-corrected chi connectivity index (χ2v) is 9.20. The van der Waals surface area contributed by atoms with E-state index in [1.807, 2.05) is 0 Å². The minimum Gasteiger partial charge on any atom is -0.493 e. The first-order valence-corrected chi connectivity index (χ1v) is 11.3. The van der Waals surface area contributed by atoms with E-state index < -0.39 is 47.1 Å². The Morgan fingerprint density at radius 3 is 2.17 bits per heavy atom. The number of likely N-dealkylation sites (tertiary alicyclic amines) is 1. The number of hydrogen-bond donors (Lipinski definition) is 1. The fourth-order valence-corrected chi connectivity index (χ4v) is 5.08. The first kappa shape index (κ1) is 27.3. The molecule has 3 rings (SSSR count). The summed E-state index contributed by atoms with van der Waals surface area (Å²) in [6.07, 6.45) is -4.91. The average Bonchev–Trinajstić information content (AvgIpc) is 3.16. The third-order valence-corrected chi connectivity index (χ3v) is 6.84. The van der Waals surface area contributed by atoms with Crippen molar-refractivity contribution in [1.82, 2.24) is 4.90 Å². The quantitative estimate of drug-likeness (QED) is 0.499. The van der Waals surface area contributed by atoms with Crippen LogP contribution in [0.5, 0.6) is 11.5 Å². The number of rotatable bonds is 6. The summed E-state index contributed by atoms with van der Waals surface area (Å²) in [5, 5.41) is 10.1. The van der Waals surface area contributed by atoms with Crippen molar-refractivity contribution in [1.29, 1.82) is 0 Å². The van der Waals surface area contributed by atoms with Crippen LogP contribution in [-0.2, 0) is 20.5 Å². The molecular weight excluding hydrogens is 551 g/mol. The molecule has 3 atom stereocenters. The molecule has 1 heterocycles. The predicted octanol–water partition coefficient (Wildman–Crippen LogP) is 4.70. The van der Waals surface area contributed by atoms with Gasteiger partial charge in [-0.15, -0.1) is 0 Å². The van der Waals surface area contributed by atoms with E-state index in [-0.39, 0.29) is 17.7 Å². The van der Waals surface area contributed by atoms with Crippen molar-refractivity contribution in [2.75, 3.05) is 21.3 Å². The number of aliphatic carboxylic acids is 1. The molecule has 3 unspecified atom stereocenters. The van der Waals surface area contributed by atoms with Crippen molar-refractivity contribution in [3.63, 3.8) is 0 Å². The average molecular weight is 574 g/mol. The summed E-state index contributed by atoms with van der Waals surface area (Å²) in [7, 11) is 3.94. The van der Waals surface area contributed by atoms with Crippen LogP contribution in [-0.4, -0.2) is 54.7 Å². The highest BCUT2D eigenvalue weighted by Crippen LogP contribution is 2.50. The highest BCUT2D eigenvalue weighted by Gasteiger charge is 2.58. The molecule has 0 bridgehead atoms. The number of alkyl halides is 3. The van der Waals surface area contributed by atoms with Crippen molar-refractivity contribution < 1.29 is 46.9 Å². The lowest BCUT2D eigenvalue weighted by atomic mass is 9.90. The van der Waals surface area contributed by atoms with Gasteiger partial charge in [-0.2, -0.15) is 13.2 Å². The molecule has 0 saturated carbocycles. The molecule has 1 fully saturated rings. The van der Waals surface area contributed by atoms with Gasteiger partial charge in [-0.1, -0.05) is 0 Å². The topological polar surface area (TPSA) is 102 Å². The van der Waals surface area contributed by atoms with Crippen molar-refractivity contribution in [3.05, 3.63) is 57.6 Å². The van der Waals surface area contributed by atoms with E-state index in [0.717, 1.165) is 36.3 Å². The van der Waals surface area contributed by atoms with Gasteiger partial charge >= 0.3 is 18.1 Å². The lowest BCUT2D eigenvalue weighted by molar-refractivity contribution is -0.148. The minimum atomic E-state index is -4.62. The fraction of sp³-hybridized carbons (Fsp3) is 0.375. The van der Waals surface area contributed by atoms with Gasteiger partial charge in [0.25, 0.3) is 5.91 Å². The number of ether oxygens (including phenoxy) is 3. The van der Waals surface area contributed by atoms with E-state index in [0.29, 0.717) is 15.8 Å². The number of methoxy groups -OCH3 is 3. The number of amides is 1. The molecule has 0 radical (unpaired) electrons. The first-order chi connectivity index (χ1) is 16.8. The van der Waals surface area contributed by atoms with Crippen LogP contribution in [0.4, 0.5) is 13.2 Å². The zero-order valence-electron chi connectivity index (χ0n) is 19.7. The Hall–Kier alpha value is -3.28. The van der Waals surface area contributed by atoms with Gasteiger partial charge in [-0.3, -0.25) is 9.59 Å². The number of carboxylic acids is 1. The van der Waals surface area contributed by atoms with Crippen LogP contribution in [0.25, 0.3) is 0 Å². The second-order valence-electron chi connectivity index (χ2n) is 8.35. The monoisotopic (exact) mass is 573 g/mol. The van der Waals surface area contributed by atoms with Gasteiger partial charge in [0.15, 0.2) is 11.5 Å². The molecule has 1 aliphatic heterocycles. The van der Waals surface area contributed by atoms with Crippen molar-refractivity contribution in [2.45, 2.75) is 31.1 Å². The molecule has 12 heteroatoms. The number of nitrogens with zero attached hydrogens (tertiary/aromatic N) is 1. The number of carbonyl (C=O) groups excluding carboxylic acids is 2. The molecule has 0 spiro atoms. The fourth-order valence-electron chi connectivity index (χ4n) is 4.46. The molecule has 2 aromatic carbocycles. The van der Waals surface area contributed by atoms with Crippen LogP contribution >= 0.6 is 15.9 Å². The Balaban J connectivity index is 2.23. The van der Waals surface area contributed by atoms with E-state index in [1.54, 1.807) is 6.07 Å². The third-order valence-electron chi connectivity index (χ3n) is 6.25. The number of halogens is 4. The Morgan fingerprint density at radius 2 is 1.69 bits per heavy atom.